The Labute approximate surface area is 134 Å². The van der Waals surface area contributed by atoms with E-state index in [9.17, 15) is 9.59 Å². The van der Waals surface area contributed by atoms with Crippen LogP contribution in [0.5, 0.6) is 0 Å². The molecule has 0 unspecified atom stereocenters. The third kappa shape index (κ3) is 4.00. The molecule has 1 aliphatic heterocycles. The predicted octanol–water partition coefficient (Wildman–Crippen LogP) is 4.15. The van der Waals surface area contributed by atoms with Gasteiger partial charge in [0.1, 0.15) is 10.5 Å². The molecule has 0 saturated carbocycles. The first kappa shape index (κ1) is 16.8. The number of likely N-dealkylation sites (tertiary alicyclic amines) is 1. The Bertz CT molecular complexity index is 561. The molecule has 2 atom stereocenters. The van der Waals surface area contributed by atoms with Gasteiger partial charge in [0.05, 0.1) is 6.04 Å². The second-order valence-corrected chi connectivity index (χ2v) is 7.95. The maximum atomic E-state index is 12.5. The van der Waals surface area contributed by atoms with Gasteiger partial charge < -0.3 is 14.7 Å². The van der Waals surface area contributed by atoms with Gasteiger partial charge in [0.15, 0.2) is 0 Å². The minimum Gasteiger partial charge on any atom is -0.477 e. The quantitative estimate of drug-likeness (QED) is 0.887. The van der Waals surface area contributed by atoms with Crippen LogP contribution in [-0.4, -0.2) is 34.2 Å². The summed E-state index contributed by atoms with van der Waals surface area (Å²) in [6.07, 6.45) is 1.53. The van der Waals surface area contributed by atoms with Gasteiger partial charge in [0.25, 0.3) is 0 Å². The van der Waals surface area contributed by atoms with Crippen molar-refractivity contribution in [1.82, 2.24) is 4.90 Å². The number of hydrogen-bond donors (Lipinski definition) is 1. The average Bonchev–Trinajstić information content (AvgIpc) is 2.86. The summed E-state index contributed by atoms with van der Waals surface area (Å²) in [5.74, 6) is -0.507. The van der Waals surface area contributed by atoms with Crippen LogP contribution in [0.15, 0.2) is 12.1 Å². The first-order chi connectivity index (χ1) is 10.2. The molecule has 0 aromatic carbocycles. The molecule has 1 aliphatic rings. The normalized spacial score (nSPS) is 22.5. The largest absolute Gasteiger partial charge is 0.477 e. The van der Waals surface area contributed by atoms with Gasteiger partial charge in [-0.1, -0.05) is 6.92 Å². The Hall–Kier alpha value is -1.56. The number of carboxylic acids is 1. The molecule has 0 aliphatic carbocycles. The number of amides is 1. The fraction of sp³-hybridized carbons (Fsp3) is 0.625. The monoisotopic (exact) mass is 325 g/mol. The SMILES string of the molecule is C[C@@H]1CC[C@@H](c2ccc(C(=O)O)s2)N(C(=O)OC(C)(C)C)C1. The van der Waals surface area contributed by atoms with E-state index in [4.69, 9.17) is 9.84 Å². The van der Waals surface area contributed by atoms with Crippen LogP contribution in [0.2, 0.25) is 0 Å². The topological polar surface area (TPSA) is 66.8 Å². The van der Waals surface area contributed by atoms with E-state index in [-0.39, 0.29) is 12.1 Å². The molecule has 5 nitrogen and oxygen atoms in total. The van der Waals surface area contributed by atoms with Crippen molar-refractivity contribution < 1.29 is 19.4 Å². The zero-order valence-electron chi connectivity index (χ0n) is 13.5. The van der Waals surface area contributed by atoms with Crippen molar-refractivity contribution >= 4 is 23.4 Å². The summed E-state index contributed by atoms with van der Waals surface area (Å²) < 4.78 is 5.51. The molecule has 22 heavy (non-hydrogen) atoms. The maximum Gasteiger partial charge on any atom is 0.410 e. The highest BCUT2D eigenvalue weighted by molar-refractivity contribution is 7.14. The minimum absolute atomic E-state index is 0.0934. The molecule has 0 radical (unpaired) electrons. The Morgan fingerprint density at radius 3 is 2.55 bits per heavy atom. The molecule has 1 amide bonds. The number of thiophene rings is 1. The van der Waals surface area contributed by atoms with Crippen molar-refractivity contribution in [3.8, 4) is 0 Å². The lowest BCUT2D eigenvalue weighted by atomic mass is 9.93. The van der Waals surface area contributed by atoms with Gasteiger partial charge in [-0.15, -0.1) is 11.3 Å². The predicted molar refractivity (Wildman–Crippen MR) is 85.4 cm³/mol. The Balaban J connectivity index is 2.22. The molecule has 2 rings (SSSR count). The van der Waals surface area contributed by atoms with E-state index in [1.807, 2.05) is 26.8 Å². The summed E-state index contributed by atoms with van der Waals surface area (Å²) >= 11 is 1.24. The third-order valence-electron chi connectivity index (χ3n) is 3.61. The number of aromatic carboxylic acids is 1. The molecular formula is C16H23NO4S. The van der Waals surface area contributed by atoms with E-state index in [1.165, 1.54) is 11.3 Å². The highest BCUT2D eigenvalue weighted by Crippen LogP contribution is 2.37. The molecule has 1 saturated heterocycles. The number of rotatable bonds is 2. The molecule has 1 aromatic rings. The lowest BCUT2D eigenvalue weighted by molar-refractivity contribution is 0.00411. The lowest BCUT2D eigenvalue weighted by Gasteiger charge is -2.38. The van der Waals surface area contributed by atoms with Crippen LogP contribution in [0.3, 0.4) is 0 Å². The second kappa shape index (κ2) is 6.28. The van der Waals surface area contributed by atoms with Gasteiger partial charge in [0.2, 0.25) is 0 Å². The molecule has 1 N–H and O–H groups in total. The van der Waals surface area contributed by atoms with Crippen molar-refractivity contribution in [2.24, 2.45) is 5.92 Å². The van der Waals surface area contributed by atoms with Crippen molar-refractivity contribution in [3.05, 3.63) is 21.9 Å². The lowest BCUT2D eigenvalue weighted by Crippen LogP contribution is -2.44. The van der Waals surface area contributed by atoms with Crippen LogP contribution in [-0.2, 0) is 4.74 Å². The Morgan fingerprint density at radius 1 is 1.32 bits per heavy atom. The highest BCUT2D eigenvalue weighted by Gasteiger charge is 2.34. The van der Waals surface area contributed by atoms with E-state index >= 15 is 0 Å². The minimum atomic E-state index is -0.927. The van der Waals surface area contributed by atoms with Crippen molar-refractivity contribution in [1.29, 1.82) is 0 Å². The fourth-order valence-electron chi connectivity index (χ4n) is 2.62. The van der Waals surface area contributed by atoms with Gasteiger partial charge in [0, 0.05) is 11.4 Å². The van der Waals surface area contributed by atoms with Gasteiger partial charge in [-0.3, -0.25) is 0 Å². The highest BCUT2D eigenvalue weighted by atomic mass is 32.1. The number of carboxylic acid groups (broad SMARTS) is 1. The van der Waals surface area contributed by atoms with Crippen LogP contribution >= 0.6 is 11.3 Å². The second-order valence-electron chi connectivity index (χ2n) is 6.84. The van der Waals surface area contributed by atoms with Crippen LogP contribution in [0, 0.1) is 5.92 Å². The molecule has 0 spiro atoms. The molecular weight excluding hydrogens is 302 g/mol. The summed E-state index contributed by atoms with van der Waals surface area (Å²) in [6, 6.07) is 3.32. The van der Waals surface area contributed by atoms with Crippen LogP contribution in [0.4, 0.5) is 4.79 Å². The summed E-state index contributed by atoms with van der Waals surface area (Å²) in [5, 5.41) is 9.07. The zero-order chi connectivity index (χ0) is 16.5. The van der Waals surface area contributed by atoms with Gasteiger partial charge in [-0.25, -0.2) is 9.59 Å². The van der Waals surface area contributed by atoms with Crippen molar-refractivity contribution in [2.45, 2.75) is 52.2 Å². The molecule has 122 valence electrons. The van der Waals surface area contributed by atoms with E-state index < -0.39 is 11.6 Å². The van der Waals surface area contributed by atoms with E-state index in [2.05, 4.69) is 6.92 Å². The van der Waals surface area contributed by atoms with Gasteiger partial charge >= 0.3 is 12.1 Å². The summed E-state index contributed by atoms with van der Waals surface area (Å²) in [4.78, 5) is 26.5. The fourth-order valence-corrected chi connectivity index (χ4v) is 3.61. The van der Waals surface area contributed by atoms with Gasteiger partial charge in [-0.2, -0.15) is 0 Å². The number of ether oxygens (including phenoxy) is 1. The van der Waals surface area contributed by atoms with Crippen molar-refractivity contribution in [3.63, 3.8) is 0 Å². The first-order valence-corrected chi connectivity index (χ1v) is 8.31. The molecule has 6 heteroatoms. The Kier molecular flexibility index (Phi) is 4.80. The van der Waals surface area contributed by atoms with E-state index in [0.29, 0.717) is 17.3 Å². The average molecular weight is 325 g/mol. The summed E-state index contributed by atoms with van der Waals surface area (Å²) in [6.45, 7) is 8.30. The molecule has 1 aromatic heterocycles. The standard InChI is InChI=1S/C16H23NO4S/c1-10-5-6-11(12-7-8-13(22-12)14(18)19)17(9-10)15(20)21-16(2,3)4/h7-8,10-11H,5-6,9H2,1-4H3,(H,18,19)/t10-,11+/m1/s1. The number of carbonyl (C=O) groups is 2. The third-order valence-corrected chi connectivity index (χ3v) is 4.79. The van der Waals surface area contributed by atoms with Gasteiger partial charge in [-0.05, 0) is 51.7 Å². The summed E-state index contributed by atoms with van der Waals surface area (Å²) in [5.41, 5.74) is -0.538. The van der Waals surface area contributed by atoms with Crippen LogP contribution in [0.25, 0.3) is 0 Å². The zero-order valence-corrected chi connectivity index (χ0v) is 14.3. The number of carbonyl (C=O) groups excluding carboxylic acids is 1. The van der Waals surface area contributed by atoms with E-state index in [0.717, 1.165) is 17.7 Å². The maximum absolute atomic E-state index is 12.5. The van der Waals surface area contributed by atoms with Crippen molar-refractivity contribution in [2.75, 3.05) is 6.54 Å². The molecule has 1 fully saturated rings. The first-order valence-electron chi connectivity index (χ1n) is 7.50. The molecule has 0 bridgehead atoms. The summed E-state index contributed by atoms with van der Waals surface area (Å²) in [7, 11) is 0. The smallest absolute Gasteiger partial charge is 0.410 e. The number of hydrogen-bond acceptors (Lipinski definition) is 4. The van der Waals surface area contributed by atoms with Crippen LogP contribution in [0.1, 0.15) is 61.1 Å². The van der Waals surface area contributed by atoms with E-state index in [1.54, 1.807) is 11.0 Å². The number of nitrogens with zero attached hydrogens (tertiary/aromatic N) is 1. The number of piperidine rings is 1. The Morgan fingerprint density at radius 2 is 2.00 bits per heavy atom. The molecule has 2 heterocycles. The van der Waals surface area contributed by atoms with Crippen LogP contribution < -0.4 is 0 Å².